The highest BCUT2D eigenvalue weighted by Gasteiger charge is 2.16. The Bertz CT molecular complexity index is 1140. The molecule has 1 aliphatic heterocycles. The van der Waals surface area contributed by atoms with Gasteiger partial charge in [-0.2, -0.15) is 5.10 Å². The molecule has 2 aromatic carbocycles. The summed E-state index contributed by atoms with van der Waals surface area (Å²) in [6.07, 6.45) is 1.28. The van der Waals surface area contributed by atoms with Crippen LogP contribution in [0.3, 0.4) is 0 Å². The van der Waals surface area contributed by atoms with E-state index in [4.69, 9.17) is 9.47 Å². The fourth-order valence-electron chi connectivity index (χ4n) is 2.88. The minimum absolute atomic E-state index is 0.145. The van der Waals surface area contributed by atoms with Gasteiger partial charge in [-0.25, -0.2) is 8.42 Å². The number of H-pyrrole nitrogens is 1. The highest BCUT2D eigenvalue weighted by atomic mass is 32.2. The zero-order chi connectivity index (χ0) is 19.0. The standard InChI is InChI=1S/C18H17N3O5S/c1-27(23,24)12-3-4-13-14(10-12)20-21-18(13)19-17(22)9-11-2-5-15-16(8-11)26-7-6-25-15/h2-5,8,10H,6-7,9H2,1H3,(H2,19,20,21,22). The van der Waals surface area contributed by atoms with Crippen LogP contribution >= 0.6 is 0 Å². The van der Waals surface area contributed by atoms with Gasteiger partial charge in [-0.1, -0.05) is 6.07 Å². The van der Waals surface area contributed by atoms with Gasteiger partial charge in [0.15, 0.2) is 27.2 Å². The van der Waals surface area contributed by atoms with E-state index >= 15 is 0 Å². The third kappa shape index (κ3) is 3.59. The topological polar surface area (TPSA) is 110 Å². The van der Waals surface area contributed by atoms with E-state index in [9.17, 15) is 13.2 Å². The lowest BCUT2D eigenvalue weighted by atomic mass is 10.1. The van der Waals surface area contributed by atoms with E-state index in [1.54, 1.807) is 18.2 Å². The van der Waals surface area contributed by atoms with E-state index in [1.807, 2.05) is 6.07 Å². The van der Waals surface area contributed by atoms with Crippen LogP contribution in [0.5, 0.6) is 11.5 Å². The van der Waals surface area contributed by atoms with Gasteiger partial charge in [0, 0.05) is 11.6 Å². The average molecular weight is 387 g/mol. The van der Waals surface area contributed by atoms with Crippen molar-refractivity contribution in [3.05, 3.63) is 42.0 Å². The molecular formula is C18H17N3O5S. The maximum atomic E-state index is 12.4. The van der Waals surface area contributed by atoms with E-state index in [-0.39, 0.29) is 17.2 Å². The minimum atomic E-state index is -3.31. The first-order chi connectivity index (χ1) is 12.9. The summed E-state index contributed by atoms with van der Waals surface area (Å²) in [5.74, 6) is 1.41. The predicted molar refractivity (Wildman–Crippen MR) is 99.0 cm³/mol. The van der Waals surface area contributed by atoms with E-state index in [1.165, 1.54) is 12.1 Å². The number of ether oxygens (including phenoxy) is 2. The highest BCUT2D eigenvalue weighted by Crippen LogP contribution is 2.31. The molecule has 0 radical (unpaired) electrons. The summed E-state index contributed by atoms with van der Waals surface area (Å²) in [6, 6.07) is 9.99. The minimum Gasteiger partial charge on any atom is -0.486 e. The molecule has 8 nitrogen and oxygen atoms in total. The van der Waals surface area contributed by atoms with Gasteiger partial charge in [0.2, 0.25) is 5.91 Å². The lowest BCUT2D eigenvalue weighted by Crippen LogP contribution is -2.17. The molecule has 9 heteroatoms. The number of rotatable bonds is 4. The van der Waals surface area contributed by atoms with Crippen molar-refractivity contribution in [2.24, 2.45) is 0 Å². The fourth-order valence-corrected chi connectivity index (χ4v) is 3.53. The molecule has 4 rings (SSSR count). The molecular weight excluding hydrogens is 370 g/mol. The van der Waals surface area contributed by atoms with Gasteiger partial charge in [-0.3, -0.25) is 9.89 Å². The molecule has 1 amide bonds. The molecule has 2 heterocycles. The van der Waals surface area contributed by atoms with E-state index in [0.29, 0.717) is 41.4 Å². The van der Waals surface area contributed by atoms with E-state index in [0.717, 1.165) is 11.8 Å². The molecule has 0 saturated carbocycles. The lowest BCUT2D eigenvalue weighted by Gasteiger charge is -2.18. The summed E-state index contributed by atoms with van der Waals surface area (Å²) in [5.41, 5.74) is 1.32. The number of hydrogen-bond acceptors (Lipinski definition) is 6. The first-order valence-electron chi connectivity index (χ1n) is 8.27. The number of carbonyl (C=O) groups is 1. The molecule has 27 heavy (non-hydrogen) atoms. The number of benzene rings is 2. The molecule has 1 aliphatic rings. The summed E-state index contributed by atoms with van der Waals surface area (Å²) in [7, 11) is -3.31. The van der Waals surface area contributed by atoms with Crippen LogP contribution < -0.4 is 14.8 Å². The fraction of sp³-hybridized carbons (Fsp3) is 0.222. The zero-order valence-corrected chi connectivity index (χ0v) is 15.3. The smallest absolute Gasteiger partial charge is 0.230 e. The van der Waals surface area contributed by atoms with Crippen LogP contribution in [0, 0.1) is 0 Å². The van der Waals surface area contributed by atoms with Gasteiger partial charge in [-0.05, 0) is 35.9 Å². The first-order valence-corrected chi connectivity index (χ1v) is 10.2. The summed E-state index contributed by atoms with van der Waals surface area (Å²) in [6.45, 7) is 0.998. The van der Waals surface area contributed by atoms with Crippen molar-refractivity contribution >= 4 is 32.5 Å². The molecule has 2 N–H and O–H groups in total. The molecule has 0 spiro atoms. The predicted octanol–water partition coefficient (Wildman–Crippen LogP) is 1.92. The maximum absolute atomic E-state index is 12.4. The van der Waals surface area contributed by atoms with Gasteiger partial charge in [0.25, 0.3) is 0 Å². The second kappa shape index (κ2) is 6.58. The number of hydrogen-bond donors (Lipinski definition) is 2. The Balaban J connectivity index is 1.51. The molecule has 0 fully saturated rings. The number of aromatic nitrogens is 2. The van der Waals surface area contributed by atoms with E-state index < -0.39 is 9.84 Å². The quantitative estimate of drug-likeness (QED) is 0.708. The van der Waals surface area contributed by atoms with Crippen molar-refractivity contribution in [1.82, 2.24) is 10.2 Å². The molecule has 0 atom stereocenters. The molecule has 0 bridgehead atoms. The summed E-state index contributed by atoms with van der Waals surface area (Å²) >= 11 is 0. The Hall–Kier alpha value is -3.07. The van der Waals surface area contributed by atoms with Crippen molar-refractivity contribution in [1.29, 1.82) is 0 Å². The second-order valence-corrected chi connectivity index (χ2v) is 8.27. The SMILES string of the molecule is CS(=O)(=O)c1ccc2c(NC(=O)Cc3ccc4c(c3)OCCO4)n[nH]c2c1. The Morgan fingerprint density at radius 1 is 1.15 bits per heavy atom. The zero-order valence-electron chi connectivity index (χ0n) is 14.5. The van der Waals surface area contributed by atoms with Crippen molar-refractivity contribution in [2.75, 3.05) is 24.8 Å². The van der Waals surface area contributed by atoms with Crippen molar-refractivity contribution < 1.29 is 22.7 Å². The van der Waals surface area contributed by atoms with Crippen molar-refractivity contribution in [3.63, 3.8) is 0 Å². The van der Waals surface area contributed by atoms with Crippen LogP contribution in [0.25, 0.3) is 10.9 Å². The number of nitrogens with one attached hydrogen (secondary N) is 2. The largest absolute Gasteiger partial charge is 0.486 e. The second-order valence-electron chi connectivity index (χ2n) is 6.25. The summed E-state index contributed by atoms with van der Waals surface area (Å²) in [4.78, 5) is 12.6. The molecule has 140 valence electrons. The van der Waals surface area contributed by atoms with Gasteiger partial charge in [0.05, 0.1) is 16.8 Å². The van der Waals surface area contributed by atoms with Gasteiger partial charge in [0.1, 0.15) is 13.2 Å². The molecule has 1 aromatic heterocycles. The van der Waals surface area contributed by atoms with Crippen LogP contribution in [0.15, 0.2) is 41.3 Å². The Morgan fingerprint density at radius 2 is 1.93 bits per heavy atom. The van der Waals surface area contributed by atoms with Gasteiger partial charge in [-0.15, -0.1) is 0 Å². The van der Waals surface area contributed by atoms with Crippen LogP contribution in [0.2, 0.25) is 0 Å². The van der Waals surface area contributed by atoms with Crippen LogP contribution in [0.1, 0.15) is 5.56 Å². The normalized spacial score (nSPS) is 13.5. The number of fused-ring (bicyclic) bond motifs is 2. The summed E-state index contributed by atoms with van der Waals surface area (Å²) < 4.78 is 34.3. The number of aromatic amines is 1. The van der Waals surface area contributed by atoms with Crippen LogP contribution in [-0.4, -0.2) is 44.0 Å². The number of anilines is 1. The summed E-state index contributed by atoms with van der Waals surface area (Å²) in [5, 5.41) is 10.2. The Kier molecular flexibility index (Phi) is 4.23. The molecule has 0 unspecified atom stereocenters. The van der Waals surface area contributed by atoms with Crippen molar-refractivity contribution in [2.45, 2.75) is 11.3 Å². The number of nitrogens with zero attached hydrogens (tertiary/aromatic N) is 1. The first kappa shape index (κ1) is 17.3. The molecule has 0 aliphatic carbocycles. The Labute approximate surface area is 155 Å². The number of carbonyl (C=O) groups excluding carboxylic acids is 1. The third-order valence-corrected chi connectivity index (χ3v) is 5.30. The maximum Gasteiger partial charge on any atom is 0.230 e. The van der Waals surface area contributed by atoms with Gasteiger partial charge >= 0.3 is 0 Å². The number of amides is 1. The average Bonchev–Trinajstić information content (AvgIpc) is 3.03. The molecule has 3 aromatic rings. The molecule has 0 saturated heterocycles. The lowest BCUT2D eigenvalue weighted by molar-refractivity contribution is -0.115. The van der Waals surface area contributed by atoms with Crippen molar-refractivity contribution in [3.8, 4) is 11.5 Å². The number of sulfone groups is 1. The van der Waals surface area contributed by atoms with Crippen LogP contribution in [0.4, 0.5) is 5.82 Å². The van der Waals surface area contributed by atoms with Crippen LogP contribution in [-0.2, 0) is 21.1 Å². The monoisotopic (exact) mass is 387 g/mol. The Morgan fingerprint density at radius 3 is 2.70 bits per heavy atom. The van der Waals surface area contributed by atoms with Gasteiger partial charge < -0.3 is 14.8 Å². The third-order valence-electron chi connectivity index (χ3n) is 4.19. The van der Waals surface area contributed by atoms with E-state index in [2.05, 4.69) is 15.5 Å². The highest BCUT2D eigenvalue weighted by molar-refractivity contribution is 7.90.